The molecular weight excluding hydrogens is 380 g/mol. The maximum Gasteiger partial charge on any atom is 0.261 e. The second-order valence-corrected chi connectivity index (χ2v) is 7.33. The van der Waals surface area contributed by atoms with E-state index >= 15 is 0 Å². The van der Waals surface area contributed by atoms with Gasteiger partial charge >= 0.3 is 0 Å². The Labute approximate surface area is 176 Å². The number of amides is 2. The summed E-state index contributed by atoms with van der Waals surface area (Å²) in [5, 5.41) is 0. The lowest BCUT2D eigenvalue weighted by Gasteiger charge is -2.12. The van der Waals surface area contributed by atoms with Crippen LogP contribution in [0.1, 0.15) is 44.9 Å². The molecule has 1 aromatic carbocycles. The molecule has 0 aliphatic carbocycles. The fraction of sp³-hybridized carbons (Fsp3) is 0.364. The smallest absolute Gasteiger partial charge is 0.261 e. The van der Waals surface area contributed by atoms with Gasteiger partial charge in [-0.15, -0.1) is 0 Å². The number of imide groups is 1. The van der Waals surface area contributed by atoms with E-state index in [1.807, 2.05) is 42.0 Å². The van der Waals surface area contributed by atoms with Crippen molar-refractivity contribution in [1.82, 2.24) is 24.0 Å². The molecule has 0 atom stereocenters. The van der Waals surface area contributed by atoms with Gasteiger partial charge in [0.2, 0.25) is 0 Å². The molecule has 1 aliphatic rings. The second kappa shape index (κ2) is 9.98. The second-order valence-electron chi connectivity index (χ2n) is 7.33. The number of carbonyl (C=O) groups excluding carboxylic acids is 2. The van der Waals surface area contributed by atoms with Crippen LogP contribution in [0.15, 0.2) is 49.3 Å². The van der Waals surface area contributed by atoms with E-state index in [1.54, 1.807) is 30.6 Å². The van der Waals surface area contributed by atoms with Crippen LogP contribution >= 0.6 is 0 Å². The van der Waals surface area contributed by atoms with Crippen LogP contribution in [-0.2, 0) is 26.9 Å². The third-order valence-corrected chi connectivity index (χ3v) is 5.00. The van der Waals surface area contributed by atoms with E-state index in [2.05, 4.69) is 9.97 Å². The number of nitrogens with zero attached hydrogens (tertiary/aromatic N) is 5. The van der Waals surface area contributed by atoms with Gasteiger partial charge in [0.15, 0.2) is 0 Å². The number of hydrogen-bond acceptors (Lipinski definition) is 5. The van der Waals surface area contributed by atoms with E-state index in [0.717, 1.165) is 37.9 Å². The largest absolute Gasteiger partial charge is 0.340 e. The lowest BCUT2D eigenvalue weighted by molar-refractivity contribution is 0.0652. The SMILES string of the molecule is Cn1cnc(CCCN2C(=O)c3ccccc3C2=O)c1.Cn1cncc1CCCN. The molecule has 4 rings (SSSR count). The molecular formula is C22H28N6O2. The summed E-state index contributed by atoms with van der Waals surface area (Å²) in [7, 11) is 3.92. The molecule has 0 bridgehead atoms. The highest BCUT2D eigenvalue weighted by atomic mass is 16.2. The first-order valence-corrected chi connectivity index (χ1v) is 10.1. The molecule has 158 valence electrons. The first kappa shape index (κ1) is 21.4. The molecule has 8 nitrogen and oxygen atoms in total. The van der Waals surface area contributed by atoms with Gasteiger partial charge in [0.25, 0.3) is 11.8 Å². The first-order chi connectivity index (χ1) is 14.5. The normalized spacial score (nSPS) is 12.7. The average molecular weight is 409 g/mol. The van der Waals surface area contributed by atoms with Gasteiger partial charge in [-0.05, 0) is 44.4 Å². The Morgan fingerprint density at radius 2 is 1.67 bits per heavy atom. The quantitative estimate of drug-likeness (QED) is 0.603. The van der Waals surface area contributed by atoms with Crippen molar-refractivity contribution in [3.8, 4) is 0 Å². The minimum Gasteiger partial charge on any atom is -0.340 e. The summed E-state index contributed by atoms with van der Waals surface area (Å²) < 4.78 is 3.91. The van der Waals surface area contributed by atoms with Crippen molar-refractivity contribution in [2.24, 2.45) is 19.8 Å². The van der Waals surface area contributed by atoms with Crippen LogP contribution in [0, 0.1) is 0 Å². The zero-order valence-corrected chi connectivity index (χ0v) is 17.5. The van der Waals surface area contributed by atoms with E-state index in [-0.39, 0.29) is 11.8 Å². The third-order valence-electron chi connectivity index (χ3n) is 5.00. The van der Waals surface area contributed by atoms with Gasteiger partial charge in [0.05, 0.1) is 29.5 Å². The predicted molar refractivity (Wildman–Crippen MR) is 114 cm³/mol. The lowest BCUT2D eigenvalue weighted by Crippen LogP contribution is -2.30. The van der Waals surface area contributed by atoms with Crippen molar-refractivity contribution in [1.29, 1.82) is 0 Å². The fourth-order valence-electron chi connectivity index (χ4n) is 3.37. The number of carbonyl (C=O) groups is 2. The fourth-order valence-corrected chi connectivity index (χ4v) is 3.37. The summed E-state index contributed by atoms with van der Waals surface area (Å²) in [6.45, 7) is 1.19. The Morgan fingerprint density at radius 3 is 2.20 bits per heavy atom. The summed E-state index contributed by atoms with van der Waals surface area (Å²) in [4.78, 5) is 33.8. The summed E-state index contributed by atoms with van der Waals surface area (Å²) in [5.74, 6) is -0.377. The Bertz CT molecular complexity index is 971. The Balaban J connectivity index is 0.000000216. The van der Waals surface area contributed by atoms with Crippen LogP contribution in [0.5, 0.6) is 0 Å². The van der Waals surface area contributed by atoms with Gasteiger partial charge in [-0.1, -0.05) is 12.1 Å². The number of nitrogens with two attached hydrogens (primary N) is 1. The minimum atomic E-state index is -0.188. The molecule has 0 unspecified atom stereocenters. The van der Waals surface area contributed by atoms with Crippen molar-refractivity contribution in [3.63, 3.8) is 0 Å². The summed E-state index contributed by atoms with van der Waals surface area (Å²) in [5.41, 5.74) is 8.62. The number of benzene rings is 1. The van der Waals surface area contributed by atoms with E-state index in [1.165, 1.54) is 10.6 Å². The van der Waals surface area contributed by atoms with Gasteiger partial charge < -0.3 is 14.9 Å². The molecule has 2 N–H and O–H groups in total. The van der Waals surface area contributed by atoms with Crippen LogP contribution in [-0.4, -0.2) is 48.9 Å². The van der Waals surface area contributed by atoms with Crippen molar-refractivity contribution >= 4 is 11.8 Å². The van der Waals surface area contributed by atoms with Crippen LogP contribution in [0.25, 0.3) is 0 Å². The minimum absolute atomic E-state index is 0.188. The van der Waals surface area contributed by atoms with Crippen LogP contribution < -0.4 is 5.73 Å². The number of rotatable bonds is 7. The lowest BCUT2D eigenvalue weighted by atomic mass is 10.1. The average Bonchev–Trinajstić information content (AvgIpc) is 3.42. The number of aryl methyl sites for hydroxylation is 4. The number of aromatic nitrogens is 4. The Morgan fingerprint density at radius 1 is 0.967 bits per heavy atom. The van der Waals surface area contributed by atoms with Gasteiger partial charge in [-0.3, -0.25) is 14.5 Å². The molecule has 30 heavy (non-hydrogen) atoms. The van der Waals surface area contributed by atoms with E-state index in [0.29, 0.717) is 17.7 Å². The summed E-state index contributed by atoms with van der Waals surface area (Å²) in [6, 6.07) is 6.96. The maximum atomic E-state index is 12.1. The molecule has 0 fully saturated rings. The zero-order valence-electron chi connectivity index (χ0n) is 17.5. The molecule has 2 amide bonds. The Hall–Kier alpha value is -3.26. The van der Waals surface area contributed by atoms with E-state index in [9.17, 15) is 9.59 Å². The number of fused-ring (bicyclic) bond motifs is 1. The van der Waals surface area contributed by atoms with Gasteiger partial charge in [0, 0.05) is 38.7 Å². The van der Waals surface area contributed by atoms with E-state index < -0.39 is 0 Å². The van der Waals surface area contributed by atoms with Crippen LogP contribution in [0.4, 0.5) is 0 Å². The molecule has 0 saturated carbocycles. The highest BCUT2D eigenvalue weighted by Gasteiger charge is 2.34. The maximum absolute atomic E-state index is 12.1. The molecule has 3 aromatic rings. The standard InChI is InChI=1S/C15H15N3O2.C7H13N3/c1-17-9-11(16-10-17)5-4-8-18-14(19)12-6-2-3-7-13(12)15(18)20;1-10-6-9-5-7(10)3-2-4-8/h2-3,6-7,9-10H,4-5,8H2,1H3;5-6H,2-4,8H2,1H3. The molecule has 0 radical (unpaired) electrons. The van der Waals surface area contributed by atoms with Gasteiger partial charge in [-0.2, -0.15) is 0 Å². The molecule has 2 aromatic heterocycles. The first-order valence-electron chi connectivity index (χ1n) is 10.1. The molecule has 0 spiro atoms. The summed E-state index contributed by atoms with van der Waals surface area (Å²) in [6.07, 6.45) is 10.9. The van der Waals surface area contributed by atoms with Crippen LogP contribution in [0.2, 0.25) is 0 Å². The Kier molecular flexibility index (Phi) is 7.13. The predicted octanol–water partition coefficient (Wildman–Crippen LogP) is 1.96. The van der Waals surface area contributed by atoms with Gasteiger partial charge in [-0.25, -0.2) is 9.97 Å². The topological polar surface area (TPSA) is 99.0 Å². The number of hydrogen-bond donors (Lipinski definition) is 1. The van der Waals surface area contributed by atoms with Crippen molar-refractivity contribution < 1.29 is 9.59 Å². The van der Waals surface area contributed by atoms with E-state index in [4.69, 9.17) is 5.73 Å². The molecule has 3 heterocycles. The molecule has 0 saturated heterocycles. The highest BCUT2D eigenvalue weighted by Crippen LogP contribution is 2.22. The van der Waals surface area contributed by atoms with Crippen LogP contribution in [0.3, 0.4) is 0 Å². The highest BCUT2D eigenvalue weighted by molar-refractivity contribution is 6.21. The summed E-state index contributed by atoms with van der Waals surface area (Å²) >= 11 is 0. The van der Waals surface area contributed by atoms with Crippen molar-refractivity contribution in [2.75, 3.05) is 13.1 Å². The monoisotopic (exact) mass is 408 g/mol. The van der Waals surface area contributed by atoms with Crippen molar-refractivity contribution in [2.45, 2.75) is 25.7 Å². The zero-order chi connectivity index (χ0) is 21.5. The molecule has 1 aliphatic heterocycles. The van der Waals surface area contributed by atoms with Gasteiger partial charge in [0.1, 0.15) is 0 Å². The van der Waals surface area contributed by atoms with Crippen molar-refractivity contribution in [3.05, 3.63) is 71.8 Å². The third kappa shape index (κ3) is 5.01. The molecule has 8 heteroatoms. The number of imidazole rings is 2.